The molecule has 0 atom stereocenters. The zero-order valence-electron chi connectivity index (χ0n) is 18.8. The number of aromatic nitrogens is 1. The van der Waals surface area contributed by atoms with Crippen LogP contribution in [-0.4, -0.2) is 25.6 Å². The number of halogens is 3. The maximum Gasteiger partial charge on any atom is 0.418 e. The molecule has 180 valence electrons. The van der Waals surface area contributed by atoms with Crippen molar-refractivity contribution < 1.29 is 31.1 Å². The fraction of sp³-hybridized carbons (Fsp3) is 0.154. The van der Waals surface area contributed by atoms with Crippen LogP contribution in [0.25, 0.3) is 22.0 Å². The Labute approximate surface area is 200 Å². The molecular formula is C26H20F3NO4S. The highest BCUT2D eigenvalue weighted by Crippen LogP contribution is 2.39. The highest BCUT2D eigenvalue weighted by atomic mass is 32.2. The van der Waals surface area contributed by atoms with Crippen LogP contribution in [0.15, 0.2) is 77.8 Å². The number of rotatable bonds is 5. The SMILES string of the molecule is CCc1cnc2c(C(F)(F)F)cccc2c1-c1cccc(OC(=O)c2cccc(S(C)(=O)=O)c2)c1. The molecule has 5 nitrogen and oxygen atoms in total. The molecule has 0 fully saturated rings. The van der Waals surface area contributed by atoms with Crippen molar-refractivity contribution in [3.05, 3.63) is 89.6 Å². The fourth-order valence-electron chi connectivity index (χ4n) is 3.84. The van der Waals surface area contributed by atoms with Gasteiger partial charge in [0.15, 0.2) is 9.84 Å². The quantitative estimate of drug-likeness (QED) is 0.245. The monoisotopic (exact) mass is 499 g/mol. The summed E-state index contributed by atoms with van der Waals surface area (Å²) in [7, 11) is -3.51. The van der Waals surface area contributed by atoms with Crippen LogP contribution in [0.2, 0.25) is 0 Å². The first-order chi connectivity index (χ1) is 16.5. The topological polar surface area (TPSA) is 73.3 Å². The van der Waals surface area contributed by atoms with Gasteiger partial charge in [0.2, 0.25) is 0 Å². The van der Waals surface area contributed by atoms with Crippen LogP contribution < -0.4 is 4.74 Å². The van der Waals surface area contributed by atoms with Gasteiger partial charge < -0.3 is 4.74 Å². The second kappa shape index (κ2) is 9.14. The normalized spacial score (nSPS) is 12.0. The smallest absolute Gasteiger partial charge is 0.418 e. The predicted octanol–water partition coefficient (Wildman–Crippen LogP) is 6.11. The molecule has 0 amide bonds. The van der Waals surface area contributed by atoms with Crippen molar-refractivity contribution >= 4 is 26.7 Å². The summed E-state index contributed by atoms with van der Waals surface area (Å²) >= 11 is 0. The van der Waals surface area contributed by atoms with Gasteiger partial charge in [-0.05, 0) is 59.5 Å². The molecule has 0 saturated heterocycles. The van der Waals surface area contributed by atoms with Gasteiger partial charge in [0.25, 0.3) is 0 Å². The van der Waals surface area contributed by atoms with Crippen molar-refractivity contribution in [3.8, 4) is 16.9 Å². The van der Waals surface area contributed by atoms with Crippen molar-refractivity contribution in [1.82, 2.24) is 4.98 Å². The molecule has 0 aliphatic rings. The second-order valence-electron chi connectivity index (χ2n) is 7.93. The van der Waals surface area contributed by atoms with Gasteiger partial charge in [0.1, 0.15) is 5.75 Å². The van der Waals surface area contributed by atoms with Crippen molar-refractivity contribution in [2.45, 2.75) is 24.4 Å². The van der Waals surface area contributed by atoms with E-state index in [1.165, 1.54) is 42.6 Å². The Morgan fingerprint density at radius 2 is 1.71 bits per heavy atom. The molecule has 35 heavy (non-hydrogen) atoms. The zero-order valence-corrected chi connectivity index (χ0v) is 19.6. The molecule has 1 aromatic heterocycles. The first kappa shape index (κ1) is 24.4. The van der Waals surface area contributed by atoms with Crippen molar-refractivity contribution in [2.24, 2.45) is 0 Å². The van der Waals surface area contributed by atoms with Gasteiger partial charge in [-0.3, -0.25) is 4.98 Å². The standard InChI is InChI=1S/C26H20F3NO4S/c1-3-16-15-30-24-21(11-6-12-22(24)26(27,28)29)23(16)17-7-4-9-19(13-17)34-25(31)18-8-5-10-20(14-18)35(2,32)33/h4-15H,3H2,1-2H3. The van der Waals surface area contributed by atoms with Crippen molar-refractivity contribution in [1.29, 1.82) is 0 Å². The van der Waals surface area contributed by atoms with Crippen LogP contribution >= 0.6 is 0 Å². The fourth-order valence-corrected chi connectivity index (χ4v) is 4.50. The minimum absolute atomic E-state index is 0.0167. The number of para-hydroxylation sites is 1. The number of alkyl halides is 3. The number of sulfone groups is 1. The van der Waals surface area contributed by atoms with Crippen LogP contribution in [0.4, 0.5) is 13.2 Å². The summed E-state index contributed by atoms with van der Waals surface area (Å²) < 4.78 is 69.8. The van der Waals surface area contributed by atoms with Gasteiger partial charge in [-0.1, -0.05) is 37.3 Å². The Hall–Kier alpha value is -3.72. The number of esters is 1. The van der Waals surface area contributed by atoms with Gasteiger partial charge >= 0.3 is 12.1 Å². The maximum absolute atomic E-state index is 13.6. The van der Waals surface area contributed by atoms with Crippen LogP contribution in [0, 0.1) is 0 Å². The number of pyridine rings is 1. The van der Waals surface area contributed by atoms with Gasteiger partial charge in [-0.25, -0.2) is 13.2 Å². The lowest BCUT2D eigenvalue weighted by molar-refractivity contribution is -0.136. The highest BCUT2D eigenvalue weighted by Gasteiger charge is 2.33. The van der Waals surface area contributed by atoms with E-state index in [1.807, 2.05) is 6.92 Å². The molecule has 0 aliphatic carbocycles. The Bertz CT molecular complexity index is 1550. The van der Waals surface area contributed by atoms with Gasteiger partial charge in [-0.2, -0.15) is 13.2 Å². The predicted molar refractivity (Wildman–Crippen MR) is 126 cm³/mol. The van der Waals surface area contributed by atoms with E-state index in [0.717, 1.165) is 17.9 Å². The minimum atomic E-state index is -4.56. The Morgan fingerprint density at radius 3 is 2.40 bits per heavy atom. The molecule has 0 bridgehead atoms. The third-order valence-electron chi connectivity index (χ3n) is 5.49. The lowest BCUT2D eigenvalue weighted by atomic mass is 9.93. The summed E-state index contributed by atoms with van der Waals surface area (Å²) in [5.41, 5.74) is 0.932. The average Bonchev–Trinajstić information content (AvgIpc) is 2.82. The largest absolute Gasteiger partial charge is 0.423 e. The molecule has 4 rings (SSSR count). The van der Waals surface area contributed by atoms with E-state index in [0.29, 0.717) is 22.9 Å². The van der Waals surface area contributed by atoms with Crippen molar-refractivity contribution in [3.63, 3.8) is 0 Å². The van der Waals surface area contributed by atoms with Crippen molar-refractivity contribution in [2.75, 3.05) is 6.26 Å². The molecule has 9 heteroatoms. The third kappa shape index (κ3) is 5.05. The molecule has 0 aliphatic heterocycles. The summed E-state index contributed by atoms with van der Waals surface area (Å²) in [6.07, 6.45) is -1.57. The van der Waals surface area contributed by atoms with E-state index in [1.54, 1.807) is 24.3 Å². The first-order valence-electron chi connectivity index (χ1n) is 10.6. The molecule has 0 unspecified atom stereocenters. The van der Waals surface area contributed by atoms with Gasteiger partial charge in [0, 0.05) is 17.8 Å². The first-order valence-corrected chi connectivity index (χ1v) is 12.5. The molecule has 1 heterocycles. The van der Waals surface area contributed by atoms with Crippen LogP contribution in [0.5, 0.6) is 5.75 Å². The number of hydrogen-bond acceptors (Lipinski definition) is 5. The zero-order chi connectivity index (χ0) is 25.4. The van der Waals surface area contributed by atoms with E-state index in [-0.39, 0.29) is 21.7 Å². The lowest BCUT2D eigenvalue weighted by Gasteiger charge is -2.16. The molecular weight excluding hydrogens is 479 g/mol. The molecule has 3 aromatic carbocycles. The molecule has 0 spiro atoms. The number of hydrogen-bond donors (Lipinski definition) is 0. The van der Waals surface area contributed by atoms with E-state index >= 15 is 0 Å². The second-order valence-corrected chi connectivity index (χ2v) is 9.94. The number of aryl methyl sites for hydroxylation is 1. The van der Waals surface area contributed by atoms with Gasteiger partial charge in [-0.15, -0.1) is 0 Å². The number of carbonyl (C=O) groups excluding carboxylic acids is 1. The van der Waals surface area contributed by atoms with Crippen LogP contribution in [0.1, 0.15) is 28.4 Å². The van der Waals surface area contributed by atoms with E-state index in [4.69, 9.17) is 4.74 Å². The van der Waals surface area contributed by atoms with Crippen LogP contribution in [-0.2, 0) is 22.4 Å². The average molecular weight is 500 g/mol. The molecule has 0 radical (unpaired) electrons. The minimum Gasteiger partial charge on any atom is -0.423 e. The summed E-state index contributed by atoms with van der Waals surface area (Å²) in [5, 5.41) is 0.337. The number of fused-ring (bicyclic) bond motifs is 1. The number of carbonyl (C=O) groups is 1. The lowest BCUT2D eigenvalue weighted by Crippen LogP contribution is -2.10. The van der Waals surface area contributed by atoms with E-state index < -0.39 is 27.5 Å². The Kier molecular flexibility index (Phi) is 6.38. The summed E-state index contributed by atoms with van der Waals surface area (Å²) in [5.74, 6) is -0.599. The maximum atomic E-state index is 13.6. The Morgan fingerprint density at radius 1 is 1.00 bits per heavy atom. The summed E-state index contributed by atoms with van der Waals surface area (Å²) in [6, 6.07) is 15.9. The molecule has 0 N–H and O–H groups in total. The molecule has 4 aromatic rings. The van der Waals surface area contributed by atoms with Crippen LogP contribution in [0.3, 0.4) is 0 Å². The highest BCUT2D eigenvalue weighted by molar-refractivity contribution is 7.90. The Balaban J connectivity index is 1.77. The molecule has 0 saturated carbocycles. The number of nitrogens with zero attached hydrogens (tertiary/aromatic N) is 1. The van der Waals surface area contributed by atoms with Gasteiger partial charge in [0.05, 0.1) is 21.5 Å². The third-order valence-corrected chi connectivity index (χ3v) is 6.60. The number of ether oxygens (including phenoxy) is 1. The van der Waals surface area contributed by atoms with E-state index in [2.05, 4.69) is 4.98 Å². The number of benzene rings is 3. The van der Waals surface area contributed by atoms with E-state index in [9.17, 15) is 26.4 Å². The summed E-state index contributed by atoms with van der Waals surface area (Å²) in [4.78, 5) is 16.8. The summed E-state index contributed by atoms with van der Waals surface area (Å²) in [6.45, 7) is 1.87.